The number of fused-ring (bicyclic) bond motifs is 1. The number of nitrogens with zero attached hydrogens (tertiary/aromatic N) is 2. The lowest BCUT2D eigenvalue weighted by Gasteiger charge is -2.34. The van der Waals surface area contributed by atoms with Crippen LogP contribution in [0.4, 0.5) is 0 Å². The van der Waals surface area contributed by atoms with Gasteiger partial charge >= 0.3 is 0 Å². The largest absolute Gasteiger partial charge is 0.340 e. The Hall–Kier alpha value is -1.87. The molecule has 0 saturated carbocycles. The highest BCUT2D eigenvalue weighted by molar-refractivity contribution is 5.90. The zero-order chi connectivity index (χ0) is 16.1. The van der Waals surface area contributed by atoms with Gasteiger partial charge in [0.05, 0.1) is 6.42 Å². The molecule has 3 heteroatoms. The third-order valence-electron chi connectivity index (χ3n) is 4.77. The molecule has 2 aromatic carbocycles. The van der Waals surface area contributed by atoms with Gasteiger partial charge < -0.3 is 4.90 Å². The molecule has 3 rings (SSSR count). The first kappa shape index (κ1) is 16.0. The normalized spacial score (nSPS) is 16.0. The number of carbonyl (C=O) groups is 1. The van der Waals surface area contributed by atoms with Crippen LogP contribution < -0.4 is 0 Å². The summed E-state index contributed by atoms with van der Waals surface area (Å²) in [5.74, 6) is 0.261. The third-order valence-corrected chi connectivity index (χ3v) is 4.77. The van der Waals surface area contributed by atoms with Gasteiger partial charge in [-0.15, -0.1) is 0 Å². The Morgan fingerprint density at radius 1 is 1.00 bits per heavy atom. The highest BCUT2D eigenvalue weighted by atomic mass is 16.2. The Morgan fingerprint density at radius 2 is 1.74 bits per heavy atom. The van der Waals surface area contributed by atoms with Crippen LogP contribution in [0.3, 0.4) is 0 Å². The van der Waals surface area contributed by atoms with Crippen molar-refractivity contribution >= 4 is 16.7 Å². The van der Waals surface area contributed by atoms with Gasteiger partial charge in [-0.3, -0.25) is 9.69 Å². The van der Waals surface area contributed by atoms with Gasteiger partial charge in [-0.25, -0.2) is 0 Å². The van der Waals surface area contributed by atoms with Gasteiger partial charge in [-0.2, -0.15) is 0 Å². The van der Waals surface area contributed by atoms with Crippen LogP contribution in [0.15, 0.2) is 42.5 Å². The van der Waals surface area contributed by atoms with Crippen molar-refractivity contribution in [3.63, 3.8) is 0 Å². The van der Waals surface area contributed by atoms with E-state index in [4.69, 9.17) is 0 Å². The molecule has 0 atom stereocenters. The Bertz CT molecular complexity index is 654. The molecule has 0 unspecified atom stereocenters. The molecule has 0 N–H and O–H groups in total. The maximum absolute atomic E-state index is 12.6. The highest BCUT2D eigenvalue weighted by Crippen LogP contribution is 2.19. The molecule has 0 aromatic heterocycles. The van der Waals surface area contributed by atoms with Gasteiger partial charge in [0.25, 0.3) is 0 Å². The third kappa shape index (κ3) is 3.91. The van der Waals surface area contributed by atoms with Crippen molar-refractivity contribution in [1.29, 1.82) is 0 Å². The van der Waals surface area contributed by atoms with E-state index in [2.05, 4.69) is 36.1 Å². The summed E-state index contributed by atoms with van der Waals surface area (Å²) in [4.78, 5) is 17.1. The van der Waals surface area contributed by atoms with Gasteiger partial charge in [-0.05, 0) is 29.3 Å². The van der Waals surface area contributed by atoms with Gasteiger partial charge in [0, 0.05) is 26.2 Å². The Kier molecular flexibility index (Phi) is 5.29. The SMILES string of the molecule is CCCCN1CCN(C(=O)Cc2cccc3ccccc23)CC1. The number of hydrogen-bond acceptors (Lipinski definition) is 2. The highest BCUT2D eigenvalue weighted by Gasteiger charge is 2.21. The van der Waals surface area contributed by atoms with E-state index >= 15 is 0 Å². The average molecular weight is 310 g/mol. The monoisotopic (exact) mass is 310 g/mol. The second-order valence-corrected chi connectivity index (χ2v) is 6.39. The lowest BCUT2D eigenvalue weighted by molar-refractivity contribution is -0.132. The predicted molar refractivity (Wildman–Crippen MR) is 95.6 cm³/mol. The van der Waals surface area contributed by atoms with E-state index in [0.29, 0.717) is 6.42 Å². The molecule has 0 bridgehead atoms. The minimum Gasteiger partial charge on any atom is -0.340 e. The number of carbonyl (C=O) groups excluding carboxylic acids is 1. The van der Waals surface area contributed by atoms with Crippen molar-refractivity contribution < 1.29 is 4.79 Å². The molecule has 1 aliphatic rings. The van der Waals surface area contributed by atoms with Crippen LogP contribution in [0.2, 0.25) is 0 Å². The first-order valence-electron chi connectivity index (χ1n) is 8.74. The number of hydrogen-bond donors (Lipinski definition) is 0. The smallest absolute Gasteiger partial charge is 0.227 e. The van der Waals surface area contributed by atoms with Crippen molar-refractivity contribution in [2.75, 3.05) is 32.7 Å². The fraction of sp³-hybridized carbons (Fsp3) is 0.450. The maximum Gasteiger partial charge on any atom is 0.227 e. The molecule has 1 saturated heterocycles. The van der Waals surface area contributed by atoms with E-state index in [9.17, 15) is 4.79 Å². The standard InChI is InChI=1S/C20H26N2O/c1-2-3-11-21-12-14-22(15-13-21)20(23)16-18-9-6-8-17-7-4-5-10-19(17)18/h4-10H,2-3,11-16H2,1H3. The average Bonchev–Trinajstić information content (AvgIpc) is 2.60. The minimum atomic E-state index is 0.261. The molecular weight excluding hydrogens is 284 g/mol. The van der Waals surface area contributed by atoms with Crippen LogP contribution in [0.25, 0.3) is 10.8 Å². The molecule has 122 valence electrons. The zero-order valence-electron chi connectivity index (χ0n) is 14.0. The van der Waals surface area contributed by atoms with Crippen molar-refractivity contribution in [2.24, 2.45) is 0 Å². The van der Waals surface area contributed by atoms with Crippen molar-refractivity contribution in [3.05, 3.63) is 48.0 Å². The van der Waals surface area contributed by atoms with Crippen LogP contribution in [-0.2, 0) is 11.2 Å². The second-order valence-electron chi connectivity index (χ2n) is 6.39. The summed E-state index contributed by atoms with van der Waals surface area (Å²) in [5.41, 5.74) is 1.14. The Labute approximate surface area is 138 Å². The number of piperazine rings is 1. The van der Waals surface area contributed by atoms with E-state index in [1.807, 2.05) is 23.1 Å². The molecule has 0 aliphatic carbocycles. The van der Waals surface area contributed by atoms with E-state index < -0.39 is 0 Å². The van der Waals surface area contributed by atoms with Gasteiger partial charge in [-0.1, -0.05) is 55.8 Å². The van der Waals surface area contributed by atoms with Gasteiger partial charge in [0.15, 0.2) is 0 Å². The Morgan fingerprint density at radius 3 is 2.52 bits per heavy atom. The van der Waals surface area contributed by atoms with Gasteiger partial charge in [0.1, 0.15) is 0 Å². The summed E-state index contributed by atoms with van der Waals surface area (Å²) in [7, 11) is 0. The number of amides is 1. The summed E-state index contributed by atoms with van der Waals surface area (Å²) in [6.07, 6.45) is 3.00. The van der Waals surface area contributed by atoms with E-state index in [1.54, 1.807) is 0 Å². The van der Waals surface area contributed by atoms with E-state index in [0.717, 1.165) is 31.7 Å². The Balaban J connectivity index is 1.61. The summed E-state index contributed by atoms with van der Waals surface area (Å²) in [5, 5.41) is 2.41. The molecular formula is C20H26N2O. The summed E-state index contributed by atoms with van der Waals surface area (Å²) in [6, 6.07) is 14.5. The first-order valence-corrected chi connectivity index (χ1v) is 8.74. The molecule has 1 fully saturated rings. The molecule has 1 aliphatic heterocycles. The fourth-order valence-corrected chi connectivity index (χ4v) is 3.32. The van der Waals surface area contributed by atoms with Crippen LogP contribution in [-0.4, -0.2) is 48.4 Å². The van der Waals surface area contributed by atoms with Gasteiger partial charge in [0.2, 0.25) is 5.91 Å². The van der Waals surface area contributed by atoms with Crippen molar-refractivity contribution in [2.45, 2.75) is 26.2 Å². The number of benzene rings is 2. The first-order chi connectivity index (χ1) is 11.3. The molecule has 0 spiro atoms. The van der Waals surface area contributed by atoms with Crippen LogP contribution in [0, 0.1) is 0 Å². The lowest BCUT2D eigenvalue weighted by atomic mass is 10.0. The minimum absolute atomic E-state index is 0.261. The quantitative estimate of drug-likeness (QED) is 0.846. The van der Waals surface area contributed by atoms with Crippen LogP contribution >= 0.6 is 0 Å². The van der Waals surface area contributed by atoms with E-state index in [1.165, 1.54) is 30.2 Å². The second kappa shape index (κ2) is 7.60. The molecule has 0 radical (unpaired) electrons. The predicted octanol–water partition coefficient (Wildman–Crippen LogP) is 3.33. The summed E-state index contributed by atoms with van der Waals surface area (Å²) < 4.78 is 0. The molecule has 23 heavy (non-hydrogen) atoms. The molecule has 2 aromatic rings. The maximum atomic E-state index is 12.6. The van der Waals surface area contributed by atoms with Crippen molar-refractivity contribution in [1.82, 2.24) is 9.80 Å². The zero-order valence-corrected chi connectivity index (χ0v) is 14.0. The number of rotatable bonds is 5. The fourth-order valence-electron chi connectivity index (χ4n) is 3.32. The summed E-state index contributed by atoms with van der Waals surface area (Å²) >= 11 is 0. The molecule has 3 nitrogen and oxygen atoms in total. The summed E-state index contributed by atoms with van der Waals surface area (Å²) in [6.45, 7) is 7.16. The van der Waals surface area contributed by atoms with E-state index in [-0.39, 0.29) is 5.91 Å². The lowest BCUT2D eigenvalue weighted by Crippen LogP contribution is -2.49. The van der Waals surface area contributed by atoms with Crippen molar-refractivity contribution in [3.8, 4) is 0 Å². The van der Waals surface area contributed by atoms with Crippen LogP contribution in [0.1, 0.15) is 25.3 Å². The molecule has 1 amide bonds. The number of unbranched alkanes of at least 4 members (excludes halogenated alkanes) is 1. The topological polar surface area (TPSA) is 23.6 Å². The van der Waals surface area contributed by atoms with Crippen LogP contribution in [0.5, 0.6) is 0 Å². The molecule has 1 heterocycles.